The number of pyridine rings is 1. The summed E-state index contributed by atoms with van der Waals surface area (Å²) in [6.07, 6.45) is -5.19. The molecule has 1 amide bonds. The van der Waals surface area contributed by atoms with E-state index < -0.39 is 115 Å². The number of carbonyl (C=O) groups excluding carboxylic acids is 1. The summed E-state index contributed by atoms with van der Waals surface area (Å²) in [5.74, 6) is -3.94. The van der Waals surface area contributed by atoms with Crippen LogP contribution in [0, 0.1) is 29.4 Å². The van der Waals surface area contributed by atoms with Crippen LogP contribution in [0.1, 0.15) is 85.4 Å². The van der Waals surface area contributed by atoms with Gasteiger partial charge in [-0.1, -0.05) is 23.6 Å². The van der Waals surface area contributed by atoms with Crippen LogP contribution in [0.4, 0.5) is 40.9 Å². The molecule has 3 aliphatic carbocycles. The first-order chi connectivity index (χ1) is 29.9. The maximum Gasteiger partial charge on any atom is 0.293 e. The third kappa shape index (κ3) is 8.53. The molecule has 5 aromatic rings. The summed E-state index contributed by atoms with van der Waals surface area (Å²) in [6, 6.07) is 6.26. The van der Waals surface area contributed by atoms with Crippen molar-refractivity contribution in [1.82, 2.24) is 29.9 Å². The van der Waals surface area contributed by atoms with Crippen LogP contribution in [0.25, 0.3) is 22.0 Å². The SMILES string of the molecule is CC(C)(C#Cc1ccc(-c2ccc(Cl)c3c(NS(=O)(=O)C4CC4)nn(CC(F)F)c23)c(C(Cc2cc(F)cc(F)c2)NC(=O)Cn2nc(C(F)F)c3c2C(F)(F)[C@@H]2C[C@H]32)n1)S(C)(=O)=O. The predicted molar refractivity (Wildman–Crippen MR) is 218 cm³/mol. The Kier molecular flexibility index (Phi) is 11.3. The average Bonchev–Trinajstić information content (AvgIpc) is 4.10. The Balaban J connectivity index is 1.31. The van der Waals surface area contributed by atoms with Crippen molar-refractivity contribution in [3.05, 3.63) is 93.0 Å². The van der Waals surface area contributed by atoms with Gasteiger partial charge in [0, 0.05) is 34.9 Å². The molecule has 12 nitrogen and oxygen atoms in total. The maximum atomic E-state index is 15.5. The van der Waals surface area contributed by atoms with Gasteiger partial charge >= 0.3 is 0 Å². The van der Waals surface area contributed by atoms with Gasteiger partial charge in [-0.2, -0.15) is 19.0 Å². The standard InChI is InChI=1S/C41H36ClF8N7O5S2/c1-40(2,63(3,59)60)11-10-22-4-7-24(25-8-9-28(42)33-36(25)56(17-30(45)46)54-39(33)55-64(61,62)23-5-6-23)34(51-22)29(14-19-12-20(43)15-21(44)13-19)52-31(58)18-57-37-32(35(53-57)38(47)48)26-16-27(26)41(37,49)50/h4,7-9,12-13,15,23,26-27,29-30,38H,5-6,14,16-18H2,1-3H3,(H,52,58)(H,54,55)/t26-,27+,29?/m0/s1. The number of benzene rings is 2. The second-order valence-electron chi connectivity index (χ2n) is 16.5. The highest BCUT2D eigenvalue weighted by molar-refractivity contribution is 7.93. The molecule has 8 rings (SSSR count). The van der Waals surface area contributed by atoms with Crippen LogP contribution in [-0.4, -0.2) is 70.0 Å². The summed E-state index contributed by atoms with van der Waals surface area (Å²) in [7, 11) is -7.83. The number of carbonyl (C=O) groups is 1. The van der Waals surface area contributed by atoms with Gasteiger partial charge < -0.3 is 5.32 Å². The molecule has 340 valence electrons. The van der Waals surface area contributed by atoms with Crippen LogP contribution in [0.3, 0.4) is 0 Å². The van der Waals surface area contributed by atoms with Gasteiger partial charge in [-0.3, -0.25) is 18.9 Å². The van der Waals surface area contributed by atoms with E-state index in [4.69, 9.17) is 11.6 Å². The number of nitrogens with one attached hydrogen (secondary N) is 2. The zero-order valence-corrected chi connectivity index (χ0v) is 36.1. The zero-order valence-electron chi connectivity index (χ0n) is 33.7. The van der Waals surface area contributed by atoms with Crippen molar-refractivity contribution < 1.29 is 56.8 Å². The van der Waals surface area contributed by atoms with Crippen molar-refractivity contribution in [2.24, 2.45) is 5.92 Å². The van der Waals surface area contributed by atoms with Gasteiger partial charge in [0.2, 0.25) is 15.9 Å². The van der Waals surface area contributed by atoms with Crippen LogP contribution in [-0.2, 0) is 50.1 Å². The van der Waals surface area contributed by atoms with E-state index in [-0.39, 0.29) is 61.8 Å². The molecule has 3 aliphatic rings. The molecular formula is C41H36ClF8N7O5S2. The quantitative estimate of drug-likeness (QED) is 0.0843. The molecule has 0 radical (unpaired) electrons. The monoisotopic (exact) mass is 957 g/mol. The van der Waals surface area contributed by atoms with Crippen molar-refractivity contribution in [3.8, 4) is 23.0 Å². The third-order valence-electron chi connectivity index (χ3n) is 11.5. The zero-order chi connectivity index (χ0) is 46.4. The third-order valence-corrected chi connectivity index (χ3v) is 15.6. The lowest BCUT2D eigenvalue weighted by atomic mass is 9.93. The minimum atomic E-state index is -4.04. The number of hydrogen-bond acceptors (Lipinski definition) is 8. The Morgan fingerprint density at radius 1 is 0.969 bits per heavy atom. The molecule has 2 aromatic carbocycles. The van der Waals surface area contributed by atoms with E-state index in [9.17, 15) is 48.0 Å². The fourth-order valence-electron chi connectivity index (χ4n) is 7.91. The molecule has 64 heavy (non-hydrogen) atoms. The minimum Gasteiger partial charge on any atom is -0.346 e. The highest BCUT2D eigenvalue weighted by Crippen LogP contribution is 2.68. The molecule has 3 atom stereocenters. The molecular weight excluding hydrogens is 922 g/mol. The van der Waals surface area contributed by atoms with E-state index >= 15 is 8.78 Å². The molecule has 0 spiro atoms. The van der Waals surface area contributed by atoms with Crippen LogP contribution in [0.2, 0.25) is 5.02 Å². The lowest BCUT2D eigenvalue weighted by Gasteiger charge is -2.23. The Labute approximate surface area is 365 Å². The number of anilines is 1. The van der Waals surface area contributed by atoms with Crippen molar-refractivity contribution in [2.45, 2.75) is 93.4 Å². The van der Waals surface area contributed by atoms with Gasteiger partial charge in [-0.05, 0) is 87.3 Å². The first-order valence-electron chi connectivity index (χ1n) is 19.6. The molecule has 0 aliphatic heterocycles. The first-order valence-corrected chi connectivity index (χ1v) is 23.4. The lowest BCUT2D eigenvalue weighted by molar-refractivity contribution is -0.123. The van der Waals surface area contributed by atoms with Crippen molar-refractivity contribution in [3.63, 3.8) is 0 Å². The van der Waals surface area contributed by atoms with E-state index in [2.05, 4.69) is 37.1 Å². The molecule has 0 bridgehead atoms. The van der Waals surface area contributed by atoms with Crippen molar-refractivity contribution in [2.75, 3.05) is 11.0 Å². The van der Waals surface area contributed by atoms with Gasteiger partial charge in [0.15, 0.2) is 15.7 Å². The average molecular weight is 958 g/mol. The van der Waals surface area contributed by atoms with Crippen LogP contribution >= 0.6 is 11.6 Å². The highest BCUT2D eigenvalue weighted by Gasteiger charge is 2.67. The summed E-state index contributed by atoms with van der Waals surface area (Å²) < 4.78 is 170. The van der Waals surface area contributed by atoms with Crippen LogP contribution in [0.15, 0.2) is 42.5 Å². The maximum absolute atomic E-state index is 15.5. The molecule has 2 saturated carbocycles. The number of fused-ring (bicyclic) bond motifs is 4. The number of amides is 1. The van der Waals surface area contributed by atoms with E-state index in [0.717, 1.165) is 23.1 Å². The number of halogens is 9. The molecule has 2 fully saturated rings. The van der Waals surface area contributed by atoms with Gasteiger partial charge in [0.1, 0.15) is 46.6 Å². The fourth-order valence-corrected chi connectivity index (χ4v) is 9.72. The van der Waals surface area contributed by atoms with Crippen LogP contribution in [0.5, 0.6) is 0 Å². The van der Waals surface area contributed by atoms with Crippen molar-refractivity contribution >= 4 is 54.1 Å². The molecule has 2 N–H and O–H groups in total. The Hall–Kier alpha value is -5.27. The second kappa shape index (κ2) is 16.0. The van der Waals surface area contributed by atoms with E-state index in [1.54, 1.807) is 0 Å². The summed E-state index contributed by atoms with van der Waals surface area (Å²) in [4.78, 5) is 18.7. The minimum absolute atomic E-state index is 0.00429. The van der Waals surface area contributed by atoms with Gasteiger partial charge in [-0.25, -0.2) is 48.2 Å². The smallest absolute Gasteiger partial charge is 0.293 e. The van der Waals surface area contributed by atoms with E-state index in [0.29, 0.717) is 23.6 Å². The Bertz CT molecular complexity index is 3020. The summed E-state index contributed by atoms with van der Waals surface area (Å²) in [5.41, 5.74) is -2.62. The summed E-state index contributed by atoms with van der Waals surface area (Å²) >= 11 is 6.62. The fraction of sp³-hybridized carbons (Fsp3) is 0.415. The van der Waals surface area contributed by atoms with Gasteiger partial charge in [0.05, 0.1) is 32.9 Å². The highest BCUT2D eigenvalue weighted by atomic mass is 35.5. The normalized spacial score (nSPS) is 18.5. The summed E-state index contributed by atoms with van der Waals surface area (Å²) in [6.45, 7) is 0.542. The number of sulfone groups is 1. The number of sulfonamides is 1. The van der Waals surface area contributed by atoms with E-state index in [1.165, 1.54) is 38.1 Å². The molecule has 0 saturated heterocycles. The number of alkyl halides is 6. The molecule has 3 heterocycles. The number of hydrogen-bond donors (Lipinski definition) is 2. The number of nitrogens with zero attached hydrogens (tertiary/aromatic N) is 5. The van der Waals surface area contributed by atoms with Gasteiger partial charge in [-0.15, -0.1) is 0 Å². The number of aromatic nitrogens is 5. The summed E-state index contributed by atoms with van der Waals surface area (Å²) in [5, 5.41) is 9.50. The molecule has 23 heteroatoms. The molecule has 1 unspecified atom stereocenters. The van der Waals surface area contributed by atoms with E-state index in [1.807, 2.05) is 0 Å². The second-order valence-corrected chi connectivity index (χ2v) is 21.5. The predicted octanol–water partition coefficient (Wildman–Crippen LogP) is 7.82. The topological polar surface area (TPSA) is 158 Å². The van der Waals surface area contributed by atoms with Gasteiger partial charge in [0.25, 0.3) is 18.8 Å². The molecule has 3 aromatic heterocycles. The Morgan fingerprint density at radius 3 is 2.27 bits per heavy atom. The number of rotatable bonds is 14. The van der Waals surface area contributed by atoms with Crippen molar-refractivity contribution in [1.29, 1.82) is 0 Å². The lowest BCUT2D eigenvalue weighted by Crippen LogP contribution is -2.35. The first kappa shape index (κ1) is 45.3. The Morgan fingerprint density at radius 2 is 1.64 bits per heavy atom. The van der Waals surface area contributed by atoms with Crippen LogP contribution < -0.4 is 10.0 Å². The largest absolute Gasteiger partial charge is 0.346 e.